The fraction of sp³-hybridized carbons (Fsp3) is 0.500. The van der Waals surface area contributed by atoms with Crippen molar-refractivity contribution in [3.05, 3.63) is 33.8 Å². The predicted molar refractivity (Wildman–Crippen MR) is 82.4 cm³/mol. The number of hydrogen-bond acceptors (Lipinski definition) is 2. The molecule has 0 spiro atoms. The Balaban J connectivity index is 0.000000399. The maximum Gasteiger partial charge on any atom is 0.0459 e. The molecule has 0 bridgehead atoms. The molecule has 0 amide bonds. The summed E-state index contributed by atoms with van der Waals surface area (Å²) in [7, 11) is 0. The smallest absolute Gasteiger partial charge is 0.0459 e. The molecule has 106 valence electrons. The van der Waals surface area contributed by atoms with E-state index in [4.69, 9.17) is 23.2 Å². The molecule has 5 heteroatoms. The van der Waals surface area contributed by atoms with E-state index in [1.165, 1.54) is 0 Å². The Hall–Kier alpha value is 0.0687. The summed E-state index contributed by atoms with van der Waals surface area (Å²) in [4.78, 5) is 10.2. The van der Waals surface area contributed by atoms with Crippen molar-refractivity contribution in [3.8, 4) is 0 Å². The van der Waals surface area contributed by atoms with Crippen LogP contribution in [-0.2, 0) is 11.2 Å². The van der Waals surface area contributed by atoms with Gasteiger partial charge in [0.15, 0.2) is 0 Å². The van der Waals surface area contributed by atoms with Crippen LogP contribution >= 0.6 is 23.2 Å². The summed E-state index contributed by atoms with van der Waals surface area (Å²) in [6.45, 7) is 7.05. The van der Waals surface area contributed by atoms with Crippen molar-refractivity contribution in [2.24, 2.45) is 0 Å². The molecule has 0 saturated carbocycles. The van der Waals surface area contributed by atoms with Crippen LogP contribution in [0.4, 0.5) is 0 Å². The van der Waals surface area contributed by atoms with Gasteiger partial charge in [-0.1, -0.05) is 29.3 Å². The summed E-state index contributed by atoms with van der Waals surface area (Å²) in [6, 6.07) is 4.83. The van der Waals surface area contributed by atoms with E-state index in [1.807, 2.05) is 0 Å². The summed E-state index contributed by atoms with van der Waals surface area (Å²) < 4.78 is 4.65. The first-order valence-corrected chi connectivity index (χ1v) is 13.2. The van der Waals surface area contributed by atoms with Crippen molar-refractivity contribution >= 4 is 48.9 Å². The Kier molecular flexibility index (Phi) is 10.8. The first-order valence-electron chi connectivity index (χ1n) is 6.42. The van der Waals surface area contributed by atoms with Gasteiger partial charge in [0, 0.05) is 22.4 Å². The molecule has 0 fully saturated rings. The second kappa shape index (κ2) is 10.8. The second-order valence-electron chi connectivity index (χ2n) is 4.06. The average molecular weight is 410 g/mol. The Morgan fingerprint density at radius 2 is 1.53 bits per heavy atom. The Labute approximate surface area is 132 Å². The normalized spacial score (nSPS) is 9.53. The van der Waals surface area contributed by atoms with Crippen LogP contribution in [-0.4, -0.2) is 25.7 Å². The molecular weight excluding hydrogens is 390 g/mol. The minimum atomic E-state index is -1.19. The first-order chi connectivity index (χ1) is 8.96. The largest absolute Gasteiger partial charge is 0.550 e. The van der Waals surface area contributed by atoms with Crippen molar-refractivity contribution in [2.45, 2.75) is 40.5 Å². The van der Waals surface area contributed by atoms with Crippen molar-refractivity contribution in [3.63, 3.8) is 0 Å². The molecule has 0 N–H and O–H groups in total. The molecule has 0 aliphatic heterocycles. The first kappa shape index (κ1) is 19.1. The summed E-state index contributed by atoms with van der Waals surface area (Å²) in [5, 5.41) is 11.0. The quantitative estimate of drug-likeness (QED) is 0.693. The molecular formula is C14H20Cl2O2Sn. The minimum absolute atomic E-state index is 0.251. The van der Waals surface area contributed by atoms with Gasteiger partial charge in [-0.05, 0) is 17.7 Å². The van der Waals surface area contributed by atoms with Gasteiger partial charge in [0.1, 0.15) is 0 Å². The molecule has 2 nitrogen and oxygen atoms in total. The van der Waals surface area contributed by atoms with E-state index in [9.17, 15) is 9.90 Å². The fourth-order valence-corrected chi connectivity index (χ4v) is 6.41. The van der Waals surface area contributed by atoms with Crippen LogP contribution in [0.25, 0.3) is 0 Å². The topological polar surface area (TPSA) is 40.1 Å². The zero-order valence-corrected chi connectivity index (χ0v) is 16.0. The van der Waals surface area contributed by atoms with E-state index >= 15 is 0 Å². The fourth-order valence-electron chi connectivity index (χ4n) is 1.60. The summed E-state index contributed by atoms with van der Waals surface area (Å²) >= 11 is 10.7. The number of benzene rings is 1. The van der Waals surface area contributed by atoms with Gasteiger partial charge in [0.25, 0.3) is 0 Å². The van der Waals surface area contributed by atoms with Gasteiger partial charge in [0.2, 0.25) is 0 Å². The molecule has 0 aliphatic rings. The van der Waals surface area contributed by atoms with Crippen LogP contribution in [0.2, 0.25) is 23.4 Å². The predicted octanol–water partition coefficient (Wildman–Crippen LogP) is 3.83. The molecule has 1 aromatic rings. The number of carbonyl (C=O) groups is 1. The SMILES string of the molecule is C[CH2][Sn+]([CH2]C)[CH2]C.O=C([O-])Cc1c(Cl)cccc1Cl. The molecule has 0 heterocycles. The van der Waals surface area contributed by atoms with Crippen molar-refractivity contribution in [2.75, 3.05) is 0 Å². The Morgan fingerprint density at radius 3 is 1.79 bits per heavy atom. The number of halogens is 2. The summed E-state index contributed by atoms with van der Waals surface area (Å²) in [5.41, 5.74) is 0.404. The average Bonchev–Trinajstić information content (AvgIpc) is 2.37. The molecule has 0 aromatic heterocycles. The monoisotopic (exact) mass is 410 g/mol. The van der Waals surface area contributed by atoms with Crippen LogP contribution in [0.5, 0.6) is 0 Å². The van der Waals surface area contributed by atoms with Gasteiger partial charge in [0.05, 0.1) is 0 Å². The Bertz CT molecular complexity index is 367. The third kappa shape index (κ3) is 8.05. The van der Waals surface area contributed by atoms with E-state index in [0.717, 1.165) is 0 Å². The Morgan fingerprint density at radius 1 is 1.11 bits per heavy atom. The number of carbonyl (C=O) groups excluding carboxylic acids is 1. The van der Waals surface area contributed by atoms with Gasteiger partial charge in [-0.2, -0.15) is 0 Å². The summed E-state index contributed by atoms with van der Waals surface area (Å²) in [5.74, 6) is -1.19. The van der Waals surface area contributed by atoms with Crippen molar-refractivity contribution in [1.82, 2.24) is 0 Å². The van der Waals surface area contributed by atoms with Crippen LogP contribution in [0.15, 0.2) is 18.2 Å². The van der Waals surface area contributed by atoms with Gasteiger partial charge >= 0.3 is 53.8 Å². The number of carboxylic acid groups (broad SMARTS) is 1. The molecule has 0 unspecified atom stereocenters. The molecule has 19 heavy (non-hydrogen) atoms. The third-order valence-corrected chi connectivity index (χ3v) is 12.2. The van der Waals surface area contributed by atoms with Gasteiger partial charge in [-0.3, -0.25) is 0 Å². The van der Waals surface area contributed by atoms with E-state index in [2.05, 4.69) is 20.8 Å². The zero-order valence-electron chi connectivity index (χ0n) is 11.6. The number of carboxylic acids is 1. The second-order valence-corrected chi connectivity index (χ2v) is 15.2. The summed E-state index contributed by atoms with van der Waals surface area (Å²) in [6.07, 6.45) is -0.251. The van der Waals surface area contributed by atoms with Crippen molar-refractivity contribution < 1.29 is 9.90 Å². The molecule has 0 radical (unpaired) electrons. The maximum absolute atomic E-state index is 10.2. The third-order valence-electron chi connectivity index (χ3n) is 2.88. The van der Waals surface area contributed by atoms with Crippen molar-refractivity contribution in [1.29, 1.82) is 0 Å². The number of aliphatic carboxylic acids is 1. The van der Waals surface area contributed by atoms with Crippen LogP contribution in [0.1, 0.15) is 26.3 Å². The molecule has 1 rings (SSSR count). The van der Waals surface area contributed by atoms with E-state index in [0.29, 0.717) is 15.6 Å². The van der Waals surface area contributed by atoms with E-state index < -0.39 is 25.7 Å². The van der Waals surface area contributed by atoms with Crippen LogP contribution in [0.3, 0.4) is 0 Å². The molecule has 1 aromatic carbocycles. The number of hydrogen-bond donors (Lipinski definition) is 0. The van der Waals surface area contributed by atoms with Crippen LogP contribution in [0, 0.1) is 0 Å². The molecule has 0 saturated heterocycles. The van der Waals surface area contributed by atoms with E-state index in [-0.39, 0.29) is 6.42 Å². The van der Waals surface area contributed by atoms with Crippen LogP contribution < -0.4 is 5.11 Å². The van der Waals surface area contributed by atoms with E-state index in [1.54, 1.807) is 31.5 Å². The minimum Gasteiger partial charge on any atom is -0.550 e. The zero-order chi connectivity index (χ0) is 14.8. The number of rotatable bonds is 5. The maximum atomic E-state index is 10.2. The van der Waals surface area contributed by atoms with Gasteiger partial charge < -0.3 is 9.90 Å². The molecule has 0 atom stereocenters. The molecule has 0 aliphatic carbocycles. The van der Waals surface area contributed by atoms with Gasteiger partial charge in [-0.15, -0.1) is 0 Å². The standard InChI is InChI=1S/C8H6Cl2O2.3C2H5.Sn/c9-6-2-1-3-7(10)5(6)4-8(11)12;3*1-2;/h1-3H,4H2,(H,11,12);3*1H2,2H3;/q;;;;+1/p-1. The van der Waals surface area contributed by atoms with Gasteiger partial charge in [-0.25, -0.2) is 0 Å².